The summed E-state index contributed by atoms with van der Waals surface area (Å²) >= 11 is 8.92. The summed E-state index contributed by atoms with van der Waals surface area (Å²) in [5.41, 5.74) is 0.578. The van der Waals surface area contributed by atoms with Gasteiger partial charge in [-0.3, -0.25) is 4.79 Å². The summed E-state index contributed by atoms with van der Waals surface area (Å²) in [7, 11) is 0. The van der Waals surface area contributed by atoms with Crippen molar-refractivity contribution in [1.82, 2.24) is 9.97 Å². The van der Waals surface area contributed by atoms with Crippen molar-refractivity contribution >= 4 is 39.0 Å². The van der Waals surface area contributed by atoms with Crippen molar-refractivity contribution in [3.05, 3.63) is 50.4 Å². The van der Waals surface area contributed by atoms with E-state index in [2.05, 4.69) is 31.2 Å². The van der Waals surface area contributed by atoms with E-state index in [-0.39, 0.29) is 5.56 Å². The summed E-state index contributed by atoms with van der Waals surface area (Å²) in [6.07, 6.45) is 1.34. The highest BCUT2D eigenvalue weighted by Crippen LogP contribution is 2.20. The fourth-order valence-electron chi connectivity index (χ4n) is 1.14. The van der Waals surface area contributed by atoms with Crippen LogP contribution in [0.5, 0.6) is 0 Å². The summed E-state index contributed by atoms with van der Waals surface area (Å²) in [4.78, 5) is 17.8. The van der Waals surface area contributed by atoms with Gasteiger partial charge in [0, 0.05) is 10.7 Å². The number of benzene rings is 1. The van der Waals surface area contributed by atoms with Crippen molar-refractivity contribution < 1.29 is 0 Å². The number of nitrogens with one attached hydrogen (secondary N) is 2. The maximum atomic E-state index is 11.3. The Morgan fingerprint density at radius 1 is 1.31 bits per heavy atom. The zero-order valence-electron chi connectivity index (χ0n) is 8.00. The number of H-pyrrole nitrogens is 1. The molecule has 2 N–H and O–H groups in total. The van der Waals surface area contributed by atoms with E-state index in [0.29, 0.717) is 15.3 Å². The Bertz CT molecular complexity index is 553. The number of halogens is 2. The molecule has 0 amide bonds. The van der Waals surface area contributed by atoms with Gasteiger partial charge >= 0.3 is 0 Å². The number of rotatable bonds is 2. The predicted molar refractivity (Wildman–Crippen MR) is 67.3 cm³/mol. The second-order valence-corrected chi connectivity index (χ2v) is 4.26. The molecule has 1 aromatic carbocycles. The Morgan fingerprint density at radius 2 is 2.00 bits per heavy atom. The van der Waals surface area contributed by atoms with Crippen molar-refractivity contribution in [3.8, 4) is 0 Å². The SMILES string of the molecule is O=c1[nH]cnc(Nc2ccc(Cl)cc2)c1Br. The molecule has 2 aromatic rings. The number of anilines is 2. The summed E-state index contributed by atoms with van der Waals surface area (Å²) in [5, 5.41) is 3.66. The molecule has 0 bridgehead atoms. The molecular formula is C10H7BrClN3O. The summed E-state index contributed by atoms with van der Waals surface area (Å²) < 4.78 is 0.366. The van der Waals surface area contributed by atoms with Crippen LogP contribution in [0.25, 0.3) is 0 Å². The van der Waals surface area contributed by atoms with Crippen LogP contribution in [0.2, 0.25) is 5.02 Å². The summed E-state index contributed by atoms with van der Waals surface area (Å²) in [6, 6.07) is 7.12. The van der Waals surface area contributed by atoms with Gasteiger partial charge in [-0.05, 0) is 40.2 Å². The molecule has 0 aliphatic carbocycles. The van der Waals surface area contributed by atoms with Gasteiger partial charge < -0.3 is 10.3 Å². The lowest BCUT2D eigenvalue weighted by Crippen LogP contribution is -2.09. The molecular weight excluding hydrogens is 293 g/mol. The molecule has 0 aliphatic rings. The Hall–Kier alpha value is -1.33. The standard InChI is InChI=1S/C10H7BrClN3O/c11-8-9(13-5-14-10(8)16)15-7-3-1-6(12)2-4-7/h1-5H,(H2,13,14,15,16). The normalized spacial score (nSPS) is 10.1. The molecule has 0 unspecified atom stereocenters. The molecule has 4 nitrogen and oxygen atoms in total. The number of hydrogen-bond acceptors (Lipinski definition) is 3. The first-order valence-electron chi connectivity index (χ1n) is 4.42. The van der Waals surface area contributed by atoms with Crippen molar-refractivity contribution in [3.63, 3.8) is 0 Å². The Morgan fingerprint density at radius 3 is 2.69 bits per heavy atom. The lowest BCUT2D eigenvalue weighted by molar-refractivity contribution is 1.10. The Kier molecular flexibility index (Phi) is 3.26. The van der Waals surface area contributed by atoms with Crippen molar-refractivity contribution in [2.75, 3.05) is 5.32 Å². The fourth-order valence-corrected chi connectivity index (χ4v) is 1.58. The number of aromatic amines is 1. The minimum absolute atomic E-state index is 0.230. The van der Waals surface area contributed by atoms with E-state index >= 15 is 0 Å². The third-order valence-corrected chi connectivity index (χ3v) is 2.89. The average molecular weight is 301 g/mol. The van der Waals surface area contributed by atoms with Crippen LogP contribution in [0.4, 0.5) is 11.5 Å². The second-order valence-electron chi connectivity index (χ2n) is 3.03. The third-order valence-electron chi connectivity index (χ3n) is 1.90. The van der Waals surface area contributed by atoms with Crippen LogP contribution >= 0.6 is 27.5 Å². The monoisotopic (exact) mass is 299 g/mol. The van der Waals surface area contributed by atoms with E-state index in [9.17, 15) is 4.79 Å². The van der Waals surface area contributed by atoms with E-state index < -0.39 is 0 Å². The molecule has 0 fully saturated rings. The zero-order valence-corrected chi connectivity index (χ0v) is 10.3. The van der Waals surface area contributed by atoms with Gasteiger partial charge in [-0.15, -0.1) is 0 Å². The summed E-state index contributed by atoms with van der Waals surface area (Å²) in [6.45, 7) is 0. The number of hydrogen-bond donors (Lipinski definition) is 2. The molecule has 1 aromatic heterocycles. The van der Waals surface area contributed by atoms with E-state index in [1.54, 1.807) is 24.3 Å². The van der Waals surface area contributed by atoms with E-state index in [0.717, 1.165) is 5.69 Å². The largest absolute Gasteiger partial charge is 0.339 e. The maximum Gasteiger partial charge on any atom is 0.267 e. The van der Waals surface area contributed by atoms with Crippen LogP contribution in [0.1, 0.15) is 0 Å². The van der Waals surface area contributed by atoms with Crippen LogP contribution < -0.4 is 10.9 Å². The first-order chi connectivity index (χ1) is 7.66. The highest BCUT2D eigenvalue weighted by atomic mass is 79.9. The van der Waals surface area contributed by atoms with Crippen LogP contribution in [0.15, 0.2) is 39.9 Å². The second kappa shape index (κ2) is 4.67. The average Bonchev–Trinajstić information content (AvgIpc) is 2.28. The Balaban J connectivity index is 2.30. The van der Waals surface area contributed by atoms with Crippen LogP contribution in [-0.4, -0.2) is 9.97 Å². The lowest BCUT2D eigenvalue weighted by atomic mass is 10.3. The van der Waals surface area contributed by atoms with Gasteiger partial charge in [-0.25, -0.2) is 4.98 Å². The molecule has 1 heterocycles. The number of aromatic nitrogens is 2. The highest BCUT2D eigenvalue weighted by Gasteiger charge is 2.04. The van der Waals surface area contributed by atoms with Gasteiger partial charge in [0.15, 0.2) is 5.82 Å². The quantitative estimate of drug-likeness (QED) is 0.896. The van der Waals surface area contributed by atoms with Gasteiger partial charge in [0.05, 0.1) is 6.33 Å². The first kappa shape index (κ1) is 11.2. The molecule has 0 aliphatic heterocycles. The van der Waals surface area contributed by atoms with Gasteiger partial charge in [0.1, 0.15) is 4.47 Å². The van der Waals surface area contributed by atoms with Gasteiger partial charge in [0.2, 0.25) is 0 Å². The van der Waals surface area contributed by atoms with Crippen LogP contribution in [0, 0.1) is 0 Å². The number of nitrogens with zero attached hydrogens (tertiary/aromatic N) is 1. The molecule has 0 radical (unpaired) electrons. The van der Waals surface area contributed by atoms with Crippen LogP contribution in [0.3, 0.4) is 0 Å². The van der Waals surface area contributed by atoms with Gasteiger partial charge in [-0.2, -0.15) is 0 Å². The van der Waals surface area contributed by atoms with E-state index in [1.165, 1.54) is 6.33 Å². The van der Waals surface area contributed by atoms with Crippen LogP contribution in [-0.2, 0) is 0 Å². The summed E-state index contributed by atoms with van der Waals surface area (Å²) in [5.74, 6) is 0.464. The molecule has 2 rings (SSSR count). The first-order valence-corrected chi connectivity index (χ1v) is 5.59. The molecule has 0 saturated heterocycles. The fraction of sp³-hybridized carbons (Fsp3) is 0. The molecule has 6 heteroatoms. The lowest BCUT2D eigenvalue weighted by Gasteiger charge is -2.06. The molecule has 16 heavy (non-hydrogen) atoms. The minimum atomic E-state index is -0.230. The molecule has 0 saturated carbocycles. The zero-order chi connectivity index (χ0) is 11.5. The molecule has 0 spiro atoms. The van der Waals surface area contributed by atoms with Crippen molar-refractivity contribution in [2.24, 2.45) is 0 Å². The molecule has 0 atom stereocenters. The van der Waals surface area contributed by atoms with Crippen molar-refractivity contribution in [2.45, 2.75) is 0 Å². The van der Waals surface area contributed by atoms with E-state index in [4.69, 9.17) is 11.6 Å². The van der Waals surface area contributed by atoms with Gasteiger partial charge in [0.25, 0.3) is 5.56 Å². The predicted octanol–water partition coefficient (Wildman–Crippen LogP) is 2.93. The van der Waals surface area contributed by atoms with Gasteiger partial charge in [-0.1, -0.05) is 11.6 Å². The smallest absolute Gasteiger partial charge is 0.267 e. The van der Waals surface area contributed by atoms with Crippen molar-refractivity contribution in [1.29, 1.82) is 0 Å². The highest BCUT2D eigenvalue weighted by molar-refractivity contribution is 9.10. The van der Waals surface area contributed by atoms with E-state index in [1.807, 2.05) is 0 Å². The molecule has 82 valence electrons. The Labute approximate surface area is 105 Å². The maximum absolute atomic E-state index is 11.3. The minimum Gasteiger partial charge on any atom is -0.339 e. The topological polar surface area (TPSA) is 57.8 Å². The third kappa shape index (κ3) is 2.43.